The first-order valence-electron chi connectivity index (χ1n) is 7.31. The molecule has 0 saturated carbocycles. The lowest BCUT2D eigenvalue weighted by atomic mass is 10.0. The highest BCUT2D eigenvalue weighted by Crippen LogP contribution is 2.33. The van der Waals surface area contributed by atoms with E-state index in [4.69, 9.17) is 0 Å². The zero-order valence-corrected chi connectivity index (χ0v) is 14.3. The predicted octanol–water partition coefficient (Wildman–Crippen LogP) is 3.67. The van der Waals surface area contributed by atoms with E-state index in [1.807, 2.05) is 19.2 Å². The molecule has 0 amide bonds. The summed E-state index contributed by atoms with van der Waals surface area (Å²) in [4.78, 5) is 15.5. The van der Waals surface area contributed by atoms with Gasteiger partial charge in [-0.3, -0.25) is 10.1 Å². The fourth-order valence-electron chi connectivity index (χ4n) is 2.93. The third-order valence-corrected chi connectivity index (χ3v) is 4.78. The number of piperidine rings is 1. The van der Waals surface area contributed by atoms with Gasteiger partial charge in [-0.05, 0) is 38.8 Å². The number of halogens is 1. The standard InChI is InChI=1S/C15H22BrN3O2/c1-11(2)18-8-6-13(7-9-18)17(3)14-5-4-12(16)10-15(14)19(20)21/h4-5,10-11,13H,6-9H2,1-3H3. The van der Waals surface area contributed by atoms with E-state index >= 15 is 0 Å². The highest BCUT2D eigenvalue weighted by atomic mass is 79.9. The number of anilines is 1. The Kier molecular flexibility index (Phi) is 5.22. The second kappa shape index (κ2) is 6.75. The van der Waals surface area contributed by atoms with E-state index in [0.717, 1.165) is 30.4 Å². The highest BCUT2D eigenvalue weighted by molar-refractivity contribution is 9.10. The van der Waals surface area contributed by atoms with Crippen molar-refractivity contribution in [2.45, 2.75) is 38.8 Å². The van der Waals surface area contributed by atoms with E-state index < -0.39 is 0 Å². The van der Waals surface area contributed by atoms with Crippen molar-refractivity contribution in [1.29, 1.82) is 0 Å². The first-order valence-corrected chi connectivity index (χ1v) is 8.10. The van der Waals surface area contributed by atoms with Crippen LogP contribution in [0.4, 0.5) is 11.4 Å². The number of rotatable bonds is 4. The molecule has 6 heteroatoms. The monoisotopic (exact) mass is 355 g/mol. The van der Waals surface area contributed by atoms with E-state index in [-0.39, 0.29) is 10.6 Å². The van der Waals surface area contributed by atoms with Gasteiger partial charge in [-0.25, -0.2) is 0 Å². The zero-order chi connectivity index (χ0) is 15.6. The summed E-state index contributed by atoms with van der Waals surface area (Å²) in [5.41, 5.74) is 0.865. The van der Waals surface area contributed by atoms with Crippen molar-refractivity contribution in [3.63, 3.8) is 0 Å². The molecule has 0 N–H and O–H groups in total. The van der Waals surface area contributed by atoms with Gasteiger partial charge in [0.25, 0.3) is 5.69 Å². The number of hydrogen-bond donors (Lipinski definition) is 0. The first kappa shape index (κ1) is 16.2. The van der Waals surface area contributed by atoms with Crippen LogP contribution in [0, 0.1) is 10.1 Å². The van der Waals surface area contributed by atoms with Crippen LogP contribution in [0.2, 0.25) is 0 Å². The van der Waals surface area contributed by atoms with E-state index in [9.17, 15) is 10.1 Å². The summed E-state index contributed by atoms with van der Waals surface area (Å²) in [5.74, 6) is 0. The molecule has 0 bridgehead atoms. The van der Waals surface area contributed by atoms with Crippen molar-refractivity contribution in [2.24, 2.45) is 0 Å². The van der Waals surface area contributed by atoms with Gasteiger partial charge in [0.05, 0.1) is 4.92 Å². The molecule has 0 unspecified atom stereocenters. The maximum absolute atomic E-state index is 11.3. The first-order chi connectivity index (χ1) is 9.90. The highest BCUT2D eigenvalue weighted by Gasteiger charge is 2.27. The molecule has 21 heavy (non-hydrogen) atoms. The molecule has 1 heterocycles. The van der Waals surface area contributed by atoms with Gasteiger partial charge in [0.15, 0.2) is 0 Å². The molecule has 2 rings (SSSR count). The van der Waals surface area contributed by atoms with E-state index in [1.165, 1.54) is 0 Å². The zero-order valence-electron chi connectivity index (χ0n) is 12.8. The molecule has 0 radical (unpaired) electrons. The molecule has 1 aromatic rings. The van der Waals surface area contributed by atoms with Crippen LogP contribution in [-0.2, 0) is 0 Å². The van der Waals surface area contributed by atoms with Gasteiger partial charge in [0.2, 0.25) is 0 Å². The molecule has 0 aromatic heterocycles. The maximum Gasteiger partial charge on any atom is 0.293 e. The molecule has 0 spiro atoms. The largest absolute Gasteiger partial charge is 0.366 e. The molecule has 116 valence electrons. The van der Waals surface area contributed by atoms with Gasteiger partial charge in [-0.2, -0.15) is 0 Å². The number of nitro groups is 1. The Morgan fingerprint density at radius 1 is 1.38 bits per heavy atom. The Labute approximate surface area is 134 Å². The van der Waals surface area contributed by atoms with Crippen molar-refractivity contribution in [1.82, 2.24) is 4.90 Å². The van der Waals surface area contributed by atoms with Gasteiger partial charge < -0.3 is 9.80 Å². The van der Waals surface area contributed by atoms with Crippen LogP contribution in [0.1, 0.15) is 26.7 Å². The van der Waals surface area contributed by atoms with E-state index in [2.05, 4.69) is 39.6 Å². The SMILES string of the molecule is CC(C)N1CCC(N(C)c2ccc(Br)cc2[N+](=O)[O-])CC1. The average molecular weight is 356 g/mol. The molecule has 1 saturated heterocycles. The van der Waals surface area contributed by atoms with Crippen LogP contribution in [0.5, 0.6) is 0 Å². The van der Waals surface area contributed by atoms with E-state index in [0.29, 0.717) is 17.8 Å². The third kappa shape index (κ3) is 3.74. The number of nitrogens with zero attached hydrogens (tertiary/aromatic N) is 3. The molecular weight excluding hydrogens is 334 g/mol. The van der Waals surface area contributed by atoms with Gasteiger partial charge in [0.1, 0.15) is 5.69 Å². The van der Waals surface area contributed by atoms with Crippen molar-refractivity contribution in [3.05, 3.63) is 32.8 Å². The summed E-state index contributed by atoms with van der Waals surface area (Å²) in [6.45, 7) is 6.53. The summed E-state index contributed by atoms with van der Waals surface area (Å²) < 4.78 is 0.737. The normalized spacial score (nSPS) is 17.2. The van der Waals surface area contributed by atoms with Gasteiger partial charge in [0, 0.05) is 42.8 Å². The Morgan fingerprint density at radius 2 is 2.00 bits per heavy atom. The van der Waals surface area contributed by atoms with Crippen LogP contribution in [0.3, 0.4) is 0 Å². The fourth-order valence-corrected chi connectivity index (χ4v) is 3.28. The van der Waals surface area contributed by atoms with Crippen LogP contribution < -0.4 is 4.90 Å². The Morgan fingerprint density at radius 3 is 2.52 bits per heavy atom. The predicted molar refractivity (Wildman–Crippen MR) is 88.9 cm³/mol. The molecule has 1 aliphatic rings. The molecule has 1 aromatic carbocycles. The number of benzene rings is 1. The van der Waals surface area contributed by atoms with Crippen LogP contribution in [-0.4, -0.2) is 42.0 Å². The van der Waals surface area contributed by atoms with Crippen LogP contribution in [0.15, 0.2) is 22.7 Å². The van der Waals surface area contributed by atoms with Crippen molar-refractivity contribution >= 4 is 27.3 Å². The molecule has 1 fully saturated rings. The Hall–Kier alpha value is -1.14. The van der Waals surface area contributed by atoms with Gasteiger partial charge >= 0.3 is 0 Å². The van der Waals surface area contributed by atoms with Gasteiger partial charge in [-0.15, -0.1) is 0 Å². The van der Waals surface area contributed by atoms with Crippen molar-refractivity contribution in [2.75, 3.05) is 25.0 Å². The number of nitro benzene ring substituents is 1. The number of hydrogen-bond acceptors (Lipinski definition) is 4. The molecular formula is C15H22BrN3O2. The maximum atomic E-state index is 11.3. The lowest BCUT2D eigenvalue weighted by Crippen LogP contribution is -2.45. The van der Waals surface area contributed by atoms with E-state index in [1.54, 1.807) is 6.07 Å². The summed E-state index contributed by atoms with van der Waals surface area (Å²) in [7, 11) is 1.96. The second-order valence-corrected chi connectivity index (χ2v) is 6.78. The van der Waals surface area contributed by atoms with Crippen molar-refractivity contribution < 1.29 is 4.92 Å². The van der Waals surface area contributed by atoms with Gasteiger partial charge in [-0.1, -0.05) is 15.9 Å². The minimum atomic E-state index is -0.306. The fraction of sp³-hybridized carbons (Fsp3) is 0.600. The summed E-state index contributed by atoms with van der Waals surface area (Å²) >= 11 is 3.30. The Balaban J connectivity index is 2.14. The molecule has 5 nitrogen and oxygen atoms in total. The lowest BCUT2D eigenvalue weighted by Gasteiger charge is -2.39. The average Bonchev–Trinajstić information content (AvgIpc) is 2.46. The quantitative estimate of drug-likeness (QED) is 0.610. The topological polar surface area (TPSA) is 49.6 Å². The minimum absolute atomic E-state index is 0.165. The van der Waals surface area contributed by atoms with Crippen LogP contribution in [0.25, 0.3) is 0 Å². The van der Waals surface area contributed by atoms with Crippen LogP contribution >= 0.6 is 15.9 Å². The Bertz CT molecular complexity index is 514. The minimum Gasteiger partial charge on any atom is -0.366 e. The summed E-state index contributed by atoms with van der Waals surface area (Å²) in [6, 6.07) is 6.20. The third-order valence-electron chi connectivity index (χ3n) is 4.29. The van der Waals surface area contributed by atoms with Crippen molar-refractivity contribution in [3.8, 4) is 0 Å². The lowest BCUT2D eigenvalue weighted by molar-refractivity contribution is -0.384. The molecule has 1 aliphatic heterocycles. The molecule has 0 aliphatic carbocycles. The summed E-state index contributed by atoms with van der Waals surface area (Å²) in [5, 5.41) is 11.3. The second-order valence-electron chi connectivity index (χ2n) is 5.86. The number of likely N-dealkylation sites (tertiary alicyclic amines) is 1. The smallest absolute Gasteiger partial charge is 0.293 e. The molecule has 0 atom stereocenters. The summed E-state index contributed by atoms with van der Waals surface area (Å²) in [6.07, 6.45) is 2.09.